The Morgan fingerprint density at radius 3 is 2.35 bits per heavy atom. The Kier molecular flexibility index (Phi) is 5.32. The summed E-state index contributed by atoms with van der Waals surface area (Å²) in [6.45, 7) is 5.44. The lowest BCUT2D eigenvalue weighted by atomic mass is 10.1. The number of aliphatic carboxylic acids is 1. The van der Waals surface area contributed by atoms with E-state index in [0.717, 1.165) is 18.0 Å². The number of hydrogen-bond acceptors (Lipinski definition) is 4. The third kappa shape index (κ3) is 3.83. The molecular weight excluding hydrogens is 264 g/mol. The minimum atomic E-state index is -1.33. The second-order valence-corrected chi connectivity index (χ2v) is 5.21. The van der Waals surface area contributed by atoms with Crippen molar-refractivity contribution in [2.75, 3.05) is 39.8 Å². The quantitative estimate of drug-likeness (QED) is 0.610. The van der Waals surface area contributed by atoms with E-state index in [4.69, 9.17) is 5.11 Å². The Labute approximate surface area is 118 Å². The number of carboxylic acid groups (broad SMARTS) is 1. The summed E-state index contributed by atoms with van der Waals surface area (Å²) in [6, 6.07) is -0.583. The lowest BCUT2D eigenvalue weighted by Gasteiger charge is -2.32. The highest BCUT2D eigenvalue weighted by molar-refractivity contribution is 5.88. The Bertz CT molecular complexity index is 391. The molecule has 8 heteroatoms. The number of nitrogens with one attached hydrogen (secondary N) is 2. The van der Waals surface area contributed by atoms with E-state index in [1.54, 1.807) is 4.90 Å². The van der Waals surface area contributed by atoms with Crippen LogP contribution in [0.4, 0.5) is 4.79 Å². The normalized spacial score (nSPS) is 15.7. The fraction of sp³-hybridized carbons (Fsp3) is 0.750. The van der Waals surface area contributed by atoms with E-state index in [0.29, 0.717) is 13.1 Å². The van der Waals surface area contributed by atoms with Crippen LogP contribution in [-0.4, -0.2) is 78.1 Å². The molecule has 0 aliphatic carbocycles. The molecule has 0 unspecified atom stereocenters. The van der Waals surface area contributed by atoms with Crippen LogP contribution in [0, 0.1) is 0 Å². The van der Waals surface area contributed by atoms with Crippen LogP contribution < -0.4 is 10.6 Å². The minimum Gasteiger partial charge on any atom is -0.480 e. The van der Waals surface area contributed by atoms with Crippen LogP contribution >= 0.6 is 0 Å². The summed E-state index contributed by atoms with van der Waals surface area (Å²) in [5, 5.41) is 14.6. The predicted molar refractivity (Wildman–Crippen MR) is 72.3 cm³/mol. The average Bonchev–Trinajstić information content (AvgIpc) is 2.44. The molecule has 1 fully saturated rings. The van der Waals surface area contributed by atoms with Crippen LogP contribution in [0.15, 0.2) is 0 Å². The number of likely N-dealkylation sites (N-methyl/N-ethyl adjacent to an activating group) is 1. The predicted octanol–water partition coefficient (Wildman–Crippen LogP) is -1.08. The third-order valence-electron chi connectivity index (χ3n) is 3.53. The Hall–Kier alpha value is -1.83. The number of carboxylic acids is 1. The maximum absolute atomic E-state index is 11.9. The van der Waals surface area contributed by atoms with Gasteiger partial charge in [-0.15, -0.1) is 0 Å². The maximum Gasteiger partial charge on any atom is 0.329 e. The fourth-order valence-corrected chi connectivity index (χ4v) is 1.69. The zero-order valence-corrected chi connectivity index (χ0v) is 12.1. The Morgan fingerprint density at radius 1 is 1.30 bits per heavy atom. The van der Waals surface area contributed by atoms with Gasteiger partial charge in [-0.1, -0.05) is 0 Å². The molecule has 0 radical (unpaired) electrons. The molecule has 1 aliphatic heterocycles. The van der Waals surface area contributed by atoms with Crippen molar-refractivity contribution in [2.24, 2.45) is 0 Å². The largest absolute Gasteiger partial charge is 0.480 e. The molecule has 0 aromatic carbocycles. The van der Waals surface area contributed by atoms with Crippen LogP contribution in [0.3, 0.4) is 0 Å². The van der Waals surface area contributed by atoms with Gasteiger partial charge in [-0.2, -0.15) is 0 Å². The zero-order chi connectivity index (χ0) is 15.3. The molecule has 114 valence electrons. The van der Waals surface area contributed by atoms with E-state index in [9.17, 15) is 14.4 Å². The monoisotopic (exact) mass is 286 g/mol. The molecular formula is C12H22N4O4. The third-order valence-corrected chi connectivity index (χ3v) is 3.53. The number of piperazine rings is 1. The highest BCUT2D eigenvalue weighted by Gasteiger charge is 2.35. The number of carbonyl (C=O) groups is 3. The molecule has 8 nitrogen and oxygen atoms in total. The van der Waals surface area contributed by atoms with Crippen LogP contribution in [0.5, 0.6) is 0 Å². The number of hydrogen-bond donors (Lipinski definition) is 3. The Morgan fingerprint density at radius 2 is 1.85 bits per heavy atom. The molecule has 1 aliphatic rings. The molecule has 0 bridgehead atoms. The van der Waals surface area contributed by atoms with E-state index < -0.39 is 17.5 Å². The molecule has 0 spiro atoms. The zero-order valence-electron chi connectivity index (χ0n) is 12.1. The van der Waals surface area contributed by atoms with Gasteiger partial charge in [0.2, 0.25) is 5.91 Å². The van der Waals surface area contributed by atoms with E-state index in [2.05, 4.69) is 10.6 Å². The number of amides is 3. The van der Waals surface area contributed by atoms with Crippen LogP contribution in [0.25, 0.3) is 0 Å². The molecule has 1 rings (SSSR count). The van der Waals surface area contributed by atoms with Crippen molar-refractivity contribution in [1.29, 1.82) is 0 Å². The molecule has 20 heavy (non-hydrogen) atoms. The summed E-state index contributed by atoms with van der Waals surface area (Å²) in [5.74, 6) is -1.27. The summed E-state index contributed by atoms with van der Waals surface area (Å²) < 4.78 is 0. The molecule has 0 aromatic heterocycles. The van der Waals surface area contributed by atoms with E-state index >= 15 is 0 Å². The van der Waals surface area contributed by atoms with E-state index in [1.165, 1.54) is 20.9 Å². The summed E-state index contributed by atoms with van der Waals surface area (Å²) in [5.41, 5.74) is -1.33. The molecule has 3 N–H and O–H groups in total. The van der Waals surface area contributed by atoms with Crippen LogP contribution in [-0.2, 0) is 9.59 Å². The first kappa shape index (κ1) is 16.2. The van der Waals surface area contributed by atoms with Gasteiger partial charge in [0.1, 0.15) is 5.54 Å². The molecule has 1 saturated heterocycles. The molecule has 3 amide bonds. The second kappa shape index (κ2) is 6.56. The number of rotatable bonds is 4. The van der Waals surface area contributed by atoms with Gasteiger partial charge in [0.05, 0.1) is 6.54 Å². The minimum absolute atomic E-state index is 0.126. The number of carbonyl (C=O) groups excluding carboxylic acids is 2. The van der Waals surface area contributed by atoms with Crippen molar-refractivity contribution >= 4 is 17.9 Å². The van der Waals surface area contributed by atoms with Gasteiger partial charge < -0.3 is 25.5 Å². The van der Waals surface area contributed by atoms with Gasteiger partial charge in [0.25, 0.3) is 0 Å². The first-order chi connectivity index (χ1) is 9.26. The topological polar surface area (TPSA) is 102 Å². The fourth-order valence-electron chi connectivity index (χ4n) is 1.69. The van der Waals surface area contributed by atoms with Gasteiger partial charge in [-0.3, -0.25) is 4.79 Å². The van der Waals surface area contributed by atoms with Crippen molar-refractivity contribution in [2.45, 2.75) is 19.4 Å². The number of nitrogens with zero attached hydrogens (tertiary/aromatic N) is 2. The molecule has 0 saturated carbocycles. The first-order valence-corrected chi connectivity index (χ1v) is 6.50. The summed E-state index contributed by atoms with van der Waals surface area (Å²) in [7, 11) is 1.39. The molecule has 0 atom stereocenters. The molecule has 1 heterocycles. The SMILES string of the molecule is CN(C(=O)NCC(=O)N1CCNCC1)C(C)(C)C(=O)O. The van der Waals surface area contributed by atoms with E-state index in [1.807, 2.05) is 0 Å². The van der Waals surface area contributed by atoms with Crippen LogP contribution in [0.2, 0.25) is 0 Å². The summed E-state index contributed by atoms with van der Waals surface area (Å²) in [4.78, 5) is 37.5. The second-order valence-electron chi connectivity index (χ2n) is 5.21. The lowest BCUT2D eigenvalue weighted by Crippen LogP contribution is -2.56. The Balaban J connectivity index is 2.46. The first-order valence-electron chi connectivity index (χ1n) is 6.50. The van der Waals surface area contributed by atoms with Crippen molar-refractivity contribution in [1.82, 2.24) is 20.4 Å². The van der Waals surface area contributed by atoms with Gasteiger partial charge in [-0.05, 0) is 13.8 Å². The molecule has 0 aromatic rings. The van der Waals surface area contributed by atoms with Crippen molar-refractivity contribution in [3.05, 3.63) is 0 Å². The standard InChI is InChI=1S/C12H22N4O4/c1-12(2,10(18)19)15(3)11(20)14-8-9(17)16-6-4-13-5-7-16/h13H,4-8H2,1-3H3,(H,14,20)(H,18,19). The van der Waals surface area contributed by atoms with Crippen molar-refractivity contribution in [3.63, 3.8) is 0 Å². The highest BCUT2D eigenvalue weighted by atomic mass is 16.4. The van der Waals surface area contributed by atoms with Crippen molar-refractivity contribution < 1.29 is 19.5 Å². The van der Waals surface area contributed by atoms with Gasteiger partial charge in [-0.25, -0.2) is 9.59 Å². The summed E-state index contributed by atoms with van der Waals surface area (Å²) >= 11 is 0. The van der Waals surface area contributed by atoms with E-state index in [-0.39, 0.29) is 12.5 Å². The number of urea groups is 1. The van der Waals surface area contributed by atoms with Crippen molar-refractivity contribution in [3.8, 4) is 0 Å². The van der Waals surface area contributed by atoms with Gasteiger partial charge in [0, 0.05) is 33.2 Å². The smallest absolute Gasteiger partial charge is 0.329 e. The summed E-state index contributed by atoms with van der Waals surface area (Å²) in [6.07, 6.45) is 0. The highest BCUT2D eigenvalue weighted by Crippen LogP contribution is 2.12. The van der Waals surface area contributed by atoms with Gasteiger partial charge >= 0.3 is 12.0 Å². The maximum atomic E-state index is 11.9. The average molecular weight is 286 g/mol. The van der Waals surface area contributed by atoms with Crippen LogP contribution in [0.1, 0.15) is 13.8 Å². The van der Waals surface area contributed by atoms with Gasteiger partial charge in [0.15, 0.2) is 0 Å². The lowest BCUT2D eigenvalue weighted by molar-refractivity contribution is -0.146.